The maximum Gasteiger partial charge on any atom is 0.330 e. The molecule has 0 saturated carbocycles. The van der Waals surface area contributed by atoms with Gasteiger partial charge in [0.1, 0.15) is 6.04 Å². The number of piperidine rings is 1. The number of ether oxygens (including phenoxy) is 1. The molecule has 1 atom stereocenters. The number of amides is 2. The number of methoxy groups -OCH3 is 1. The van der Waals surface area contributed by atoms with E-state index in [0.29, 0.717) is 18.0 Å². The van der Waals surface area contributed by atoms with Gasteiger partial charge in [0.25, 0.3) is 5.91 Å². The number of nitrogens with two attached hydrogens (primary N) is 1. The number of piperazine rings is 1. The number of hydrogen-bond donors (Lipinski definition) is 1. The lowest BCUT2D eigenvalue weighted by molar-refractivity contribution is -0.664. The van der Waals surface area contributed by atoms with Crippen LogP contribution >= 0.6 is 11.3 Å². The van der Waals surface area contributed by atoms with Crippen molar-refractivity contribution in [2.45, 2.75) is 18.9 Å². The van der Waals surface area contributed by atoms with Crippen molar-refractivity contribution < 1.29 is 24.4 Å². The molecule has 2 fully saturated rings. The van der Waals surface area contributed by atoms with Crippen LogP contribution in [0.5, 0.6) is 0 Å². The van der Waals surface area contributed by atoms with Gasteiger partial charge in [-0.25, -0.2) is 4.79 Å². The van der Waals surface area contributed by atoms with Crippen LogP contribution in [0.3, 0.4) is 0 Å². The molecule has 0 aliphatic carbocycles. The Morgan fingerprint density at radius 1 is 1.24 bits per heavy atom. The van der Waals surface area contributed by atoms with E-state index < -0.39 is 12.0 Å². The second-order valence-electron chi connectivity index (χ2n) is 6.44. The summed E-state index contributed by atoms with van der Waals surface area (Å²) in [5.41, 5.74) is 0. The van der Waals surface area contributed by atoms with Gasteiger partial charge >= 0.3 is 5.97 Å². The van der Waals surface area contributed by atoms with Crippen LogP contribution in [0.1, 0.15) is 22.5 Å². The third-order valence-electron chi connectivity index (χ3n) is 4.94. The highest BCUT2D eigenvalue weighted by molar-refractivity contribution is 7.12. The van der Waals surface area contributed by atoms with Crippen molar-refractivity contribution in [3.63, 3.8) is 0 Å². The van der Waals surface area contributed by atoms with Gasteiger partial charge in [0.2, 0.25) is 5.91 Å². The summed E-state index contributed by atoms with van der Waals surface area (Å²) in [6.45, 7) is 2.88. The zero-order valence-corrected chi connectivity index (χ0v) is 15.2. The van der Waals surface area contributed by atoms with E-state index in [4.69, 9.17) is 4.74 Å². The standard InChI is InChI=1S/C17H23N3O4S/c1-24-17(23)13-11-19(16(22)14-3-2-10-25-14)8-9-20(13)15(21)12-4-6-18-7-5-12/h2-3,10,12-13,18H,4-9,11H2,1H3/p+1/t13-/m0/s1. The first kappa shape index (κ1) is 17.9. The molecule has 0 spiro atoms. The summed E-state index contributed by atoms with van der Waals surface area (Å²) in [5.74, 6) is -0.564. The first-order valence-corrected chi connectivity index (χ1v) is 9.52. The van der Waals surface area contributed by atoms with Gasteiger partial charge in [0, 0.05) is 31.8 Å². The van der Waals surface area contributed by atoms with Gasteiger partial charge in [0.05, 0.1) is 31.6 Å². The Balaban J connectivity index is 1.73. The lowest BCUT2D eigenvalue weighted by Crippen LogP contribution is -2.86. The first-order chi connectivity index (χ1) is 12.1. The summed E-state index contributed by atoms with van der Waals surface area (Å²) in [6.07, 6.45) is 1.67. The molecule has 2 aliphatic rings. The van der Waals surface area contributed by atoms with Crippen molar-refractivity contribution in [2.75, 3.05) is 39.8 Å². The molecular weight excluding hydrogens is 342 g/mol. The topological polar surface area (TPSA) is 83.5 Å². The second-order valence-corrected chi connectivity index (χ2v) is 7.39. The van der Waals surface area contributed by atoms with Crippen LogP contribution in [-0.4, -0.2) is 73.5 Å². The van der Waals surface area contributed by atoms with Gasteiger partial charge in [-0.05, 0) is 11.4 Å². The van der Waals surface area contributed by atoms with Gasteiger partial charge in [-0.3, -0.25) is 9.59 Å². The van der Waals surface area contributed by atoms with Gasteiger partial charge in [0.15, 0.2) is 0 Å². The number of carbonyl (C=O) groups excluding carboxylic acids is 3. The minimum atomic E-state index is -0.721. The van der Waals surface area contributed by atoms with Crippen LogP contribution in [0.15, 0.2) is 17.5 Å². The second kappa shape index (κ2) is 7.97. The van der Waals surface area contributed by atoms with Crippen molar-refractivity contribution >= 4 is 29.1 Å². The maximum atomic E-state index is 12.9. The number of hydrogen-bond acceptors (Lipinski definition) is 5. The summed E-state index contributed by atoms with van der Waals surface area (Å²) in [4.78, 5) is 41.6. The molecular formula is C17H24N3O4S+. The molecule has 2 saturated heterocycles. The van der Waals surface area contributed by atoms with Gasteiger partial charge < -0.3 is 19.9 Å². The SMILES string of the molecule is COC(=O)[C@@H]1CN(C(=O)c2cccs2)CCN1C(=O)C1CC[NH2+]CC1. The molecule has 25 heavy (non-hydrogen) atoms. The van der Waals surface area contributed by atoms with Crippen molar-refractivity contribution in [3.8, 4) is 0 Å². The molecule has 0 unspecified atom stereocenters. The zero-order valence-electron chi connectivity index (χ0n) is 14.3. The average Bonchev–Trinajstić information content (AvgIpc) is 3.21. The monoisotopic (exact) mass is 366 g/mol. The highest BCUT2D eigenvalue weighted by Crippen LogP contribution is 2.21. The number of quaternary nitrogens is 1. The van der Waals surface area contributed by atoms with Crippen molar-refractivity contribution in [3.05, 3.63) is 22.4 Å². The van der Waals surface area contributed by atoms with Crippen LogP contribution in [0.2, 0.25) is 0 Å². The van der Waals surface area contributed by atoms with E-state index in [1.54, 1.807) is 15.9 Å². The summed E-state index contributed by atoms with van der Waals surface area (Å²) < 4.78 is 4.90. The predicted octanol–water partition coefficient (Wildman–Crippen LogP) is -0.452. The summed E-state index contributed by atoms with van der Waals surface area (Å²) in [5, 5.41) is 4.06. The fourth-order valence-corrected chi connectivity index (χ4v) is 4.22. The molecule has 7 nitrogen and oxygen atoms in total. The average molecular weight is 366 g/mol. The highest BCUT2D eigenvalue weighted by Gasteiger charge is 2.40. The van der Waals surface area contributed by atoms with Crippen LogP contribution in [-0.2, 0) is 14.3 Å². The number of nitrogens with zero attached hydrogens (tertiary/aromatic N) is 2. The molecule has 136 valence electrons. The Bertz CT molecular complexity index is 628. The van der Waals surface area contributed by atoms with Crippen LogP contribution < -0.4 is 5.32 Å². The van der Waals surface area contributed by atoms with E-state index in [0.717, 1.165) is 25.9 Å². The number of thiophene rings is 1. The third kappa shape index (κ3) is 3.85. The van der Waals surface area contributed by atoms with Crippen LogP contribution in [0.25, 0.3) is 0 Å². The fraction of sp³-hybridized carbons (Fsp3) is 0.588. The van der Waals surface area contributed by atoms with Gasteiger partial charge in [-0.1, -0.05) is 6.07 Å². The molecule has 2 N–H and O–H groups in total. The quantitative estimate of drug-likeness (QED) is 0.735. The van der Waals surface area contributed by atoms with E-state index in [9.17, 15) is 14.4 Å². The smallest absolute Gasteiger partial charge is 0.330 e. The normalized spacial score (nSPS) is 21.9. The minimum Gasteiger partial charge on any atom is -0.467 e. The zero-order chi connectivity index (χ0) is 17.8. The minimum absolute atomic E-state index is 0.0201. The maximum absolute atomic E-state index is 12.9. The highest BCUT2D eigenvalue weighted by atomic mass is 32.1. The Hall–Kier alpha value is -1.93. The van der Waals surface area contributed by atoms with Gasteiger partial charge in [-0.2, -0.15) is 0 Å². The molecule has 3 heterocycles. The Kier molecular flexibility index (Phi) is 5.70. The fourth-order valence-electron chi connectivity index (χ4n) is 3.53. The summed E-state index contributed by atoms with van der Waals surface area (Å²) >= 11 is 1.38. The largest absolute Gasteiger partial charge is 0.467 e. The molecule has 1 aromatic rings. The third-order valence-corrected chi connectivity index (χ3v) is 5.80. The van der Waals surface area contributed by atoms with Crippen molar-refractivity contribution in [1.82, 2.24) is 9.80 Å². The Morgan fingerprint density at radius 3 is 2.64 bits per heavy atom. The molecule has 8 heteroatoms. The molecule has 0 bridgehead atoms. The van der Waals surface area contributed by atoms with Crippen LogP contribution in [0.4, 0.5) is 0 Å². The molecule has 1 aromatic heterocycles. The number of rotatable bonds is 3. The van der Waals surface area contributed by atoms with Gasteiger partial charge in [-0.15, -0.1) is 11.3 Å². The summed E-state index contributed by atoms with van der Waals surface area (Å²) in [7, 11) is 1.32. The number of esters is 1. The summed E-state index contributed by atoms with van der Waals surface area (Å²) in [6, 6.07) is 2.88. The Morgan fingerprint density at radius 2 is 2.00 bits per heavy atom. The predicted molar refractivity (Wildman–Crippen MR) is 92.1 cm³/mol. The molecule has 0 aromatic carbocycles. The Labute approximate surface area is 150 Å². The van der Waals surface area contributed by atoms with Crippen molar-refractivity contribution in [2.24, 2.45) is 5.92 Å². The van der Waals surface area contributed by atoms with Crippen LogP contribution in [0, 0.1) is 5.92 Å². The lowest BCUT2D eigenvalue weighted by atomic mass is 9.95. The lowest BCUT2D eigenvalue weighted by Gasteiger charge is -2.41. The van der Waals surface area contributed by atoms with E-state index >= 15 is 0 Å². The molecule has 2 aliphatic heterocycles. The molecule has 0 radical (unpaired) electrons. The van der Waals surface area contributed by atoms with E-state index in [2.05, 4.69) is 5.32 Å². The van der Waals surface area contributed by atoms with Crippen molar-refractivity contribution in [1.29, 1.82) is 0 Å². The first-order valence-electron chi connectivity index (χ1n) is 8.64. The molecule has 3 rings (SSSR count). The van der Waals surface area contributed by atoms with E-state index in [1.807, 2.05) is 11.4 Å². The number of carbonyl (C=O) groups is 3. The van der Waals surface area contributed by atoms with E-state index in [-0.39, 0.29) is 24.3 Å². The van der Waals surface area contributed by atoms with E-state index in [1.165, 1.54) is 18.4 Å². The molecule has 2 amide bonds.